The first-order valence-electron chi connectivity index (χ1n) is 6.68. The molecule has 1 aliphatic rings. The van der Waals surface area contributed by atoms with Gasteiger partial charge in [-0.3, -0.25) is 4.79 Å². The average Bonchev–Trinajstić information content (AvgIpc) is 2.77. The molecule has 0 aliphatic carbocycles. The van der Waals surface area contributed by atoms with Crippen molar-refractivity contribution in [3.63, 3.8) is 0 Å². The van der Waals surface area contributed by atoms with E-state index in [1.165, 1.54) is 5.01 Å². The fraction of sp³-hybridized carbons (Fsp3) is 0.0588. The molecule has 0 N–H and O–H groups in total. The van der Waals surface area contributed by atoms with Crippen LogP contribution < -0.4 is 5.01 Å². The van der Waals surface area contributed by atoms with E-state index in [1.54, 1.807) is 12.1 Å². The van der Waals surface area contributed by atoms with E-state index in [-0.39, 0.29) is 5.91 Å². The molecule has 2 aromatic rings. The van der Waals surface area contributed by atoms with Gasteiger partial charge in [0.1, 0.15) is 0 Å². The zero-order valence-corrected chi connectivity index (χ0v) is 14.1. The van der Waals surface area contributed by atoms with Crippen LogP contribution >= 0.6 is 27.5 Å². The minimum absolute atomic E-state index is 0.157. The van der Waals surface area contributed by atoms with Crippen LogP contribution in [-0.2, 0) is 4.79 Å². The van der Waals surface area contributed by atoms with Gasteiger partial charge in [-0.2, -0.15) is 10.1 Å². The molecule has 0 fully saturated rings. The molecule has 2 aromatic carbocycles. The Kier molecular flexibility index (Phi) is 4.14. The van der Waals surface area contributed by atoms with Crippen molar-refractivity contribution < 1.29 is 4.79 Å². The molecule has 5 heteroatoms. The molecular formula is C17H12BrClN2O. The third-order valence-corrected chi connectivity index (χ3v) is 4.16. The summed E-state index contributed by atoms with van der Waals surface area (Å²) in [6.45, 7) is 1.82. The Bertz CT molecular complexity index is 814. The summed E-state index contributed by atoms with van der Waals surface area (Å²) in [6.07, 6.45) is 1.78. The van der Waals surface area contributed by atoms with Gasteiger partial charge in [0.2, 0.25) is 0 Å². The van der Waals surface area contributed by atoms with Crippen LogP contribution in [0.25, 0.3) is 6.08 Å². The highest BCUT2D eigenvalue weighted by atomic mass is 79.9. The lowest BCUT2D eigenvalue weighted by molar-refractivity contribution is -0.114. The number of benzene rings is 2. The predicted molar refractivity (Wildman–Crippen MR) is 94.2 cm³/mol. The van der Waals surface area contributed by atoms with Crippen LogP contribution in [0.1, 0.15) is 12.5 Å². The van der Waals surface area contributed by atoms with Gasteiger partial charge >= 0.3 is 0 Å². The zero-order valence-electron chi connectivity index (χ0n) is 11.8. The number of hydrogen-bond acceptors (Lipinski definition) is 2. The first-order chi connectivity index (χ1) is 10.6. The fourth-order valence-corrected chi connectivity index (χ4v) is 2.79. The van der Waals surface area contributed by atoms with E-state index in [9.17, 15) is 4.79 Å². The molecule has 0 radical (unpaired) electrons. The van der Waals surface area contributed by atoms with E-state index in [1.807, 2.05) is 49.4 Å². The summed E-state index contributed by atoms with van der Waals surface area (Å²) in [7, 11) is 0. The van der Waals surface area contributed by atoms with Crippen LogP contribution in [0.2, 0.25) is 5.02 Å². The number of nitrogens with zero attached hydrogens (tertiary/aromatic N) is 2. The lowest BCUT2D eigenvalue weighted by Crippen LogP contribution is -2.21. The van der Waals surface area contributed by atoms with Crippen molar-refractivity contribution in [3.8, 4) is 0 Å². The molecule has 110 valence electrons. The predicted octanol–water partition coefficient (Wildman–Crippen LogP) is 4.91. The van der Waals surface area contributed by atoms with Gasteiger partial charge in [-0.15, -0.1) is 0 Å². The van der Waals surface area contributed by atoms with Gasteiger partial charge in [0.25, 0.3) is 5.91 Å². The van der Waals surface area contributed by atoms with Crippen molar-refractivity contribution in [3.05, 3.63) is 69.2 Å². The van der Waals surface area contributed by atoms with Gasteiger partial charge in [0.15, 0.2) is 0 Å². The Morgan fingerprint density at radius 3 is 2.68 bits per heavy atom. The lowest BCUT2D eigenvalue weighted by atomic mass is 10.1. The lowest BCUT2D eigenvalue weighted by Gasteiger charge is -2.11. The smallest absolute Gasteiger partial charge is 0.267 e. The highest BCUT2D eigenvalue weighted by molar-refractivity contribution is 9.10. The summed E-state index contributed by atoms with van der Waals surface area (Å²) in [5.74, 6) is -0.157. The third-order valence-electron chi connectivity index (χ3n) is 3.32. The molecule has 1 amide bonds. The molecule has 1 aliphatic heterocycles. The number of amides is 1. The largest absolute Gasteiger partial charge is 0.280 e. The first kappa shape index (κ1) is 15.0. The highest BCUT2D eigenvalue weighted by Crippen LogP contribution is 2.28. The van der Waals surface area contributed by atoms with Crippen LogP contribution in [0, 0.1) is 0 Å². The van der Waals surface area contributed by atoms with E-state index in [4.69, 9.17) is 11.6 Å². The number of carbonyl (C=O) groups is 1. The van der Waals surface area contributed by atoms with E-state index >= 15 is 0 Å². The van der Waals surface area contributed by atoms with Crippen molar-refractivity contribution in [2.24, 2.45) is 5.10 Å². The summed E-state index contributed by atoms with van der Waals surface area (Å²) in [6, 6.07) is 14.9. The molecule has 0 atom stereocenters. The summed E-state index contributed by atoms with van der Waals surface area (Å²) in [5.41, 5.74) is 2.75. The molecule has 0 aromatic heterocycles. The third kappa shape index (κ3) is 2.85. The normalized spacial score (nSPS) is 16.3. The van der Waals surface area contributed by atoms with Gasteiger partial charge < -0.3 is 0 Å². The zero-order chi connectivity index (χ0) is 15.7. The molecule has 22 heavy (non-hydrogen) atoms. The van der Waals surface area contributed by atoms with E-state index in [0.29, 0.717) is 16.3 Å². The van der Waals surface area contributed by atoms with Crippen molar-refractivity contribution in [1.29, 1.82) is 0 Å². The van der Waals surface area contributed by atoms with E-state index < -0.39 is 0 Å². The number of rotatable bonds is 2. The molecule has 0 saturated carbocycles. The van der Waals surface area contributed by atoms with Gasteiger partial charge in [-0.05, 0) is 42.8 Å². The summed E-state index contributed by atoms with van der Waals surface area (Å²) in [4.78, 5) is 12.6. The molecule has 0 spiro atoms. The molecular weight excluding hydrogens is 364 g/mol. The van der Waals surface area contributed by atoms with Crippen LogP contribution in [0.3, 0.4) is 0 Å². The van der Waals surface area contributed by atoms with Gasteiger partial charge in [0.05, 0.1) is 17.0 Å². The van der Waals surface area contributed by atoms with Crippen LogP contribution in [0.5, 0.6) is 0 Å². The average molecular weight is 376 g/mol. The minimum atomic E-state index is -0.157. The minimum Gasteiger partial charge on any atom is -0.267 e. The van der Waals surface area contributed by atoms with Gasteiger partial charge in [-0.25, -0.2) is 0 Å². The first-order valence-corrected chi connectivity index (χ1v) is 7.85. The maximum Gasteiger partial charge on any atom is 0.280 e. The number of hydrogen-bond donors (Lipinski definition) is 0. The van der Waals surface area contributed by atoms with E-state index in [0.717, 1.165) is 15.7 Å². The second-order valence-corrected chi connectivity index (χ2v) is 6.18. The van der Waals surface area contributed by atoms with Crippen LogP contribution in [-0.4, -0.2) is 11.6 Å². The Hall–Kier alpha value is -1.91. The van der Waals surface area contributed by atoms with Crippen molar-refractivity contribution >= 4 is 50.9 Å². The molecule has 3 rings (SSSR count). The Balaban J connectivity index is 1.99. The van der Waals surface area contributed by atoms with E-state index in [2.05, 4.69) is 21.0 Å². The molecule has 0 unspecified atom stereocenters. The maximum atomic E-state index is 12.6. The van der Waals surface area contributed by atoms with Crippen molar-refractivity contribution in [2.75, 3.05) is 5.01 Å². The summed E-state index contributed by atoms with van der Waals surface area (Å²) < 4.78 is 0.897. The SMILES string of the molecule is CC1=NN(c2cccc(Br)c2)C(=O)/C1=C/c1ccccc1Cl. The van der Waals surface area contributed by atoms with Gasteiger partial charge in [0, 0.05) is 9.50 Å². The Labute approximate surface area is 142 Å². The number of hydrazone groups is 1. The standard InChI is InChI=1S/C17H12BrClN2O/c1-11-15(9-12-5-2-3-8-16(12)19)17(22)21(20-11)14-7-4-6-13(18)10-14/h2-10H,1H3/b15-9+. The summed E-state index contributed by atoms with van der Waals surface area (Å²) in [5, 5.41) is 6.37. The number of carbonyl (C=O) groups excluding carboxylic acids is 1. The van der Waals surface area contributed by atoms with Crippen LogP contribution in [0.4, 0.5) is 5.69 Å². The molecule has 0 saturated heterocycles. The fourth-order valence-electron chi connectivity index (χ4n) is 2.21. The van der Waals surface area contributed by atoms with Crippen molar-refractivity contribution in [1.82, 2.24) is 0 Å². The number of halogens is 2. The Morgan fingerprint density at radius 1 is 1.18 bits per heavy atom. The highest BCUT2D eigenvalue weighted by Gasteiger charge is 2.28. The molecule has 1 heterocycles. The van der Waals surface area contributed by atoms with Crippen molar-refractivity contribution in [2.45, 2.75) is 6.92 Å². The second kappa shape index (κ2) is 6.07. The Morgan fingerprint density at radius 2 is 1.95 bits per heavy atom. The molecule has 0 bridgehead atoms. The molecule has 3 nitrogen and oxygen atoms in total. The monoisotopic (exact) mass is 374 g/mol. The second-order valence-electron chi connectivity index (χ2n) is 4.86. The maximum absolute atomic E-state index is 12.6. The quantitative estimate of drug-likeness (QED) is 0.687. The topological polar surface area (TPSA) is 32.7 Å². The van der Waals surface area contributed by atoms with Crippen LogP contribution in [0.15, 0.2) is 63.7 Å². The summed E-state index contributed by atoms with van der Waals surface area (Å²) >= 11 is 9.56. The number of anilines is 1. The van der Waals surface area contributed by atoms with Gasteiger partial charge in [-0.1, -0.05) is 51.8 Å².